The van der Waals surface area contributed by atoms with Crippen molar-refractivity contribution in [1.29, 1.82) is 0 Å². The molecular weight excluding hydrogens is 295 g/mol. The number of ketones is 1. The van der Waals surface area contributed by atoms with E-state index >= 15 is 0 Å². The van der Waals surface area contributed by atoms with Gasteiger partial charge in [0.2, 0.25) is 0 Å². The SMILES string of the molecule is O=C(c1ccc2c(c1)OCCO2)C(Br)CCl. The van der Waals surface area contributed by atoms with E-state index in [-0.39, 0.29) is 16.5 Å². The summed E-state index contributed by atoms with van der Waals surface area (Å²) in [6.45, 7) is 1.06. The topological polar surface area (TPSA) is 35.5 Å². The third-order valence-electron chi connectivity index (χ3n) is 2.25. The molecule has 0 radical (unpaired) electrons. The molecule has 1 aliphatic heterocycles. The number of fused-ring (bicyclic) bond motifs is 1. The average molecular weight is 306 g/mol. The van der Waals surface area contributed by atoms with Crippen molar-refractivity contribution in [2.24, 2.45) is 0 Å². The van der Waals surface area contributed by atoms with Crippen molar-refractivity contribution in [3.63, 3.8) is 0 Å². The molecule has 0 aliphatic carbocycles. The molecule has 0 bridgehead atoms. The fourth-order valence-corrected chi connectivity index (χ4v) is 1.85. The highest BCUT2D eigenvalue weighted by Gasteiger charge is 2.19. The van der Waals surface area contributed by atoms with Crippen molar-refractivity contribution in [3.05, 3.63) is 23.8 Å². The van der Waals surface area contributed by atoms with Gasteiger partial charge in [-0.05, 0) is 18.2 Å². The highest BCUT2D eigenvalue weighted by atomic mass is 79.9. The van der Waals surface area contributed by atoms with Gasteiger partial charge in [0.25, 0.3) is 0 Å². The lowest BCUT2D eigenvalue weighted by molar-refractivity contribution is 0.0995. The van der Waals surface area contributed by atoms with Crippen LogP contribution >= 0.6 is 27.5 Å². The van der Waals surface area contributed by atoms with E-state index in [4.69, 9.17) is 21.1 Å². The molecule has 1 aromatic rings. The lowest BCUT2D eigenvalue weighted by atomic mass is 10.1. The molecule has 0 saturated carbocycles. The molecule has 0 saturated heterocycles. The van der Waals surface area contributed by atoms with Crippen LogP contribution in [0.3, 0.4) is 0 Å². The summed E-state index contributed by atoms with van der Waals surface area (Å²) in [7, 11) is 0. The number of benzene rings is 1. The first kappa shape index (κ1) is 11.7. The summed E-state index contributed by atoms with van der Waals surface area (Å²) < 4.78 is 10.8. The predicted octanol–water partition coefficient (Wildman–Crippen LogP) is 2.64. The van der Waals surface area contributed by atoms with E-state index in [9.17, 15) is 4.79 Å². The van der Waals surface area contributed by atoms with E-state index in [1.165, 1.54) is 0 Å². The second-order valence-corrected chi connectivity index (χ2v) is 4.76. The maximum absolute atomic E-state index is 11.8. The van der Waals surface area contributed by atoms with Crippen molar-refractivity contribution >= 4 is 33.3 Å². The summed E-state index contributed by atoms with van der Waals surface area (Å²) in [6.07, 6.45) is 0. The highest BCUT2D eigenvalue weighted by molar-refractivity contribution is 9.10. The van der Waals surface area contributed by atoms with Crippen LogP contribution in [0.25, 0.3) is 0 Å². The van der Waals surface area contributed by atoms with Crippen molar-refractivity contribution < 1.29 is 14.3 Å². The van der Waals surface area contributed by atoms with Gasteiger partial charge in [-0.1, -0.05) is 15.9 Å². The van der Waals surface area contributed by atoms with E-state index < -0.39 is 0 Å². The summed E-state index contributed by atoms with van der Waals surface area (Å²) in [5.74, 6) is 1.49. The van der Waals surface area contributed by atoms with Crippen LogP contribution in [-0.2, 0) is 0 Å². The Kier molecular flexibility index (Phi) is 3.71. The van der Waals surface area contributed by atoms with Gasteiger partial charge in [-0.15, -0.1) is 11.6 Å². The van der Waals surface area contributed by atoms with Gasteiger partial charge in [-0.2, -0.15) is 0 Å². The maximum Gasteiger partial charge on any atom is 0.177 e. The lowest BCUT2D eigenvalue weighted by Crippen LogP contribution is -2.18. The molecule has 1 aliphatic rings. The summed E-state index contributed by atoms with van der Waals surface area (Å²) in [4.78, 5) is 11.5. The summed E-state index contributed by atoms with van der Waals surface area (Å²) in [5, 5.41) is 0. The molecule has 86 valence electrons. The third kappa shape index (κ3) is 2.33. The fraction of sp³-hybridized carbons (Fsp3) is 0.364. The number of rotatable bonds is 3. The van der Waals surface area contributed by atoms with E-state index in [0.29, 0.717) is 30.3 Å². The Morgan fingerprint density at radius 3 is 2.75 bits per heavy atom. The number of halogens is 2. The Morgan fingerprint density at radius 1 is 1.38 bits per heavy atom. The monoisotopic (exact) mass is 304 g/mol. The zero-order valence-corrected chi connectivity index (χ0v) is 10.8. The molecule has 1 aromatic carbocycles. The fourth-order valence-electron chi connectivity index (χ4n) is 1.45. The lowest BCUT2D eigenvalue weighted by Gasteiger charge is -2.18. The zero-order valence-electron chi connectivity index (χ0n) is 8.41. The van der Waals surface area contributed by atoms with Gasteiger partial charge in [0.05, 0.1) is 4.83 Å². The van der Waals surface area contributed by atoms with Crippen LogP contribution in [0.1, 0.15) is 10.4 Å². The molecule has 16 heavy (non-hydrogen) atoms. The summed E-state index contributed by atoms with van der Waals surface area (Å²) >= 11 is 8.84. The Bertz CT molecular complexity index is 408. The first-order chi connectivity index (χ1) is 7.72. The minimum absolute atomic E-state index is 0.0491. The summed E-state index contributed by atoms with van der Waals surface area (Å²) in [5.41, 5.74) is 0.576. The molecule has 0 spiro atoms. The smallest absolute Gasteiger partial charge is 0.177 e. The molecule has 0 amide bonds. The van der Waals surface area contributed by atoms with Gasteiger partial charge < -0.3 is 9.47 Å². The standard InChI is InChI=1S/C11H10BrClO3/c12-8(6-13)11(14)7-1-2-9-10(5-7)16-4-3-15-9/h1-2,5,8H,3-4,6H2. The molecule has 2 rings (SSSR count). The normalized spacial score (nSPS) is 15.6. The largest absolute Gasteiger partial charge is 0.486 e. The second-order valence-electron chi connectivity index (χ2n) is 3.34. The van der Waals surface area contributed by atoms with Gasteiger partial charge in [-0.3, -0.25) is 4.79 Å². The van der Waals surface area contributed by atoms with Crippen molar-refractivity contribution in [2.45, 2.75) is 4.83 Å². The van der Waals surface area contributed by atoms with Crippen LogP contribution in [0.15, 0.2) is 18.2 Å². The number of carbonyl (C=O) groups is 1. The molecular formula is C11H10BrClO3. The van der Waals surface area contributed by atoms with E-state index in [1.807, 2.05) is 0 Å². The minimum Gasteiger partial charge on any atom is -0.486 e. The number of ether oxygens (including phenoxy) is 2. The van der Waals surface area contributed by atoms with Crippen molar-refractivity contribution in [3.8, 4) is 11.5 Å². The minimum atomic E-state index is -0.364. The first-order valence-electron chi connectivity index (χ1n) is 4.86. The molecule has 3 nitrogen and oxygen atoms in total. The number of hydrogen-bond donors (Lipinski definition) is 0. The second kappa shape index (κ2) is 5.06. The van der Waals surface area contributed by atoms with Crippen LogP contribution in [0.2, 0.25) is 0 Å². The van der Waals surface area contributed by atoms with Crippen LogP contribution in [0, 0.1) is 0 Å². The Labute approximate surface area is 107 Å². The maximum atomic E-state index is 11.8. The average Bonchev–Trinajstić information content (AvgIpc) is 2.36. The molecule has 1 unspecified atom stereocenters. The highest BCUT2D eigenvalue weighted by Crippen LogP contribution is 2.31. The quantitative estimate of drug-likeness (QED) is 0.636. The first-order valence-corrected chi connectivity index (χ1v) is 6.31. The van der Waals surface area contributed by atoms with Gasteiger partial charge in [0.15, 0.2) is 17.3 Å². The van der Waals surface area contributed by atoms with Crippen LogP contribution in [0.4, 0.5) is 0 Å². The Balaban J connectivity index is 2.26. The van der Waals surface area contributed by atoms with Crippen LogP contribution in [0.5, 0.6) is 11.5 Å². The van der Waals surface area contributed by atoms with Gasteiger partial charge >= 0.3 is 0 Å². The van der Waals surface area contributed by atoms with E-state index in [2.05, 4.69) is 15.9 Å². The van der Waals surface area contributed by atoms with Gasteiger partial charge in [0, 0.05) is 11.4 Å². The summed E-state index contributed by atoms with van der Waals surface area (Å²) in [6, 6.07) is 5.16. The van der Waals surface area contributed by atoms with Crippen molar-refractivity contribution in [2.75, 3.05) is 19.1 Å². The molecule has 0 fully saturated rings. The third-order valence-corrected chi connectivity index (χ3v) is 3.67. The Hall–Kier alpha value is -0.740. The number of carbonyl (C=O) groups excluding carboxylic acids is 1. The molecule has 1 atom stereocenters. The van der Waals surface area contributed by atoms with Crippen LogP contribution < -0.4 is 9.47 Å². The van der Waals surface area contributed by atoms with Gasteiger partial charge in [-0.25, -0.2) is 0 Å². The molecule has 5 heteroatoms. The predicted molar refractivity (Wildman–Crippen MR) is 65.2 cm³/mol. The van der Waals surface area contributed by atoms with Gasteiger partial charge in [0.1, 0.15) is 13.2 Å². The number of Topliss-reactive ketones (excluding diaryl/α,β-unsaturated/α-hetero) is 1. The van der Waals surface area contributed by atoms with E-state index in [1.54, 1.807) is 18.2 Å². The Morgan fingerprint density at radius 2 is 2.06 bits per heavy atom. The zero-order chi connectivity index (χ0) is 11.5. The molecule has 0 N–H and O–H groups in total. The molecule has 0 aromatic heterocycles. The van der Waals surface area contributed by atoms with Crippen LogP contribution in [-0.4, -0.2) is 29.7 Å². The van der Waals surface area contributed by atoms with E-state index in [0.717, 1.165) is 0 Å². The number of alkyl halides is 2. The molecule has 1 heterocycles. The van der Waals surface area contributed by atoms with Crippen molar-refractivity contribution in [1.82, 2.24) is 0 Å². The number of hydrogen-bond acceptors (Lipinski definition) is 3.